The Bertz CT molecular complexity index is 345. The van der Waals surface area contributed by atoms with E-state index in [1.165, 1.54) is 11.3 Å². The van der Waals surface area contributed by atoms with Gasteiger partial charge >= 0.3 is 0 Å². The molecule has 0 aromatic carbocycles. The summed E-state index contributed by atoms with van der Waals surface area (Å²) in [5.74, 6) is -0.0317. The summed E-state index contributed by atoms with van der Waals surface area (Å²) in [7, 11) is 0. The van der Waals surface area contributed by atoms with Crippen LogP contribution in [0.2, 0.25) is 0 Å². The van der Waals surface area contributed by atoms with Crippen LogP contribution in [0.25, 0.3) is 0 Å². The smallest absolute Gasteiger partial charge is 0.261 e. The third-order valence-corrected chi connectivity index (χ3v) is 3.69. The fourth-order valence-corrected chi connectivity index (χ4v) is 2.61. The van der Waals surface area contributed by atoms with Crippen LogP contribution in [0.4, 0.5) is 0 Å². The zero-order chi connectivity index (χ0) is 10.7. The minimum absolute atomic E-state index is 0.0317. The lowest BCUT2D eigenvalue weighted by Gasteiger charge is -2.09. The van der Waals surface area contributed by atoms with Crippen molar-refractivity contribution in [1.29, 1.82) is 0 Å². The summed E-state index contributed by atoms with van der Waals surface area (Å²) >= 11 is 5.57. The summed E-state index contributed by atoms with van der Waals surface area (Å²) in [5.41, 5.74) is 0. The molecule has 1 unspecified atom stereocenters. The van der Waals surface area contributed by atoms with E-state index in [1.54, 1.807) is 6.07 Å². The Kier molecular flexibility index (Phi) is 3.66. The van der Waals surface area contributed by atoms with Crippen molar-refractivity contribution in [3.05, 3.63) is 16.3 Å². The van der Waals surface area contributed by atoms with Crippen molar-refractivity contribution in [2.24, 2.45) is 0 Å². The Morgan fingerprint density at radius 3 is 3.20 bits per heavy atom. The van der Waals surface area contributed by atoms with Crippen LogP contribution in [0, 0.1) is 0 Å². The summed E-state index contributed by atoms with van der Waals surface area (Å²) < 4.78 is 5.42. The first kappa shape index (κ1) is 11.0. The van der Waals surface area contributed by atoms with E-state index in [0.717, 1.165) is 24.3 Å². The fraction of sp³-hybridized carbons (Fsp3) is 0.500. The number of carbonyl (C=O) groups excluding carboxylic acids is 1. The topological polar surface area (TPSA) is 38.3 Å². The van der Waals surface area contributed by atoms with Gasteiger partial charge in [0, 0.05) is 23.4 Å². The van der Waals surface area contributed by atoms with Crippen molar-refractivity contribution in [2.75, 3.05) is 13.2 Å². The number of thiophene rings is 1. The van der Waals surface area contributed by atoms with Gasteiger partial charge in [0.15, 0.2) is 0 Å². The number of hydrogen-bond acceptors (Lipinski definition) is 4. The Morgan fingerprint density at radius 2 is 2.60 bits per heavy atom. The van der Waals surface area contributed by atoms with Gasteiger partial charge < -0.3 is 10.1 Å². The minimum Gasteiger partial charge on any atom is -0.376 e. The van der Waals surface area contributed by atoms with Crippen molar-refractivity contribution in [1.82, 2.24) is 5.32 Å². The summed E-state index contributed by atoms with van der Waals surface area (Å²) in [4.78, 5) is 13.2. The molecule has 1 amide bonds. The maximum Gasteiger partial charge on any atom is 0.261 e. The summed E-state index contributed by atoms with van der Waals surface area (Å²) in [5, 5.41) is 4.72. The molecule has 2 rings (SSSR count). The van der Waals surface area contributed by atoms with Gasteiger partial charge in [0.2, 0.25) is 0 Å². The number of hydrogen-bond donors (Lipinski definition) is 2. The molecule has 2 heterocycles. The van der Waals surface area contributed by atoms with Crippen molar-refractivity contribution < 1.29 is 9.53 Å². The third-order valence-electron chi connectivity index (χ3n) is 2.32. The Hall–Kier alpha value is -0.520. The van der Waals surface area contributed by atoms with Crippen LogP contribution in [-0.2, 0) is 4.74 Å². The van der Waals surface area contributed by atoms with Gasteiger partial charge in [-0.25, -0.2) is 0 Å². The molecular weight excluding hydrogens is 230 g/mol. The summed E-state index contributed by atoms with van der Waals surface area (Å²) in [6, 6.07) is 1.78. The average Bonchev–Trinajstić information content (AvgIpc) is 2.84. The van der Waals surface area contributed by atoms with E-state index in [4.69, 9.17) is 4.74 Å². The SMILES string of the molecule is O=C(NCC1CCCO1)c1cc(S)cs1. The predicted octanol–water partition coefficient (Wildman–Crippen LogP) is 1.95. The molecule has 0 radical (unpaired) electrons. The minimum atomic E-state index is -0.0317. The van der Waals surface area contributed by atoms with E-state index < -0.39 is 0 Å². The maximum atomic E-state index is 11.6. The number of ether oxygens (including phenoxy) is 1. The molecule has 1 fully saturated rings. The molecule has 0 bridgehead atoms. The first-order valence-corrected chi connectivity index (χ1v) is 6.25. The molecule has 1 N–H and O–H groups in total. The molecule has 3 nitrogen and oxygen atoms in total. The monoisotopic (exact) mass is 243 g/mol. The highest BCUT2D eigenvalue weighted by molar-refractivity contribution is 7.80. The Labute approximate surface area is 98.2 Å². The molecule has 1 aliphatic rings. The van der Waals surface area contributed by atoms with Crippen molar-refractivity contribution in [3.8, 4) is 0 Å². The van der Waals surface area contributed by atoms with Gasteiger partial charge in [-0.05, 0) is 18.9 Å². The van der Waals surface area contributed by atoms with Gasteiger partial charge in [-0.3, -0.25) is 4.79 Å². The van der Waals surface area contributed by atoms with Crippen molar-refractivity contribution in [3.63, 3.8) is 0 Å². The lowest BCUT2D eigenvalue weighted by molar-refractivity contribution is 0.0861. The Balaban J connectivity index is 1.81. The van der Waals surface area contributed by atoms with Crippen molar-refractivity contribution in [2.45, 2.75) is 23.8 Å². The second-order valence-corrected chi connectivity index (χ2v) is 4.94. The molecule has 1 atom stereocenters. The maximum absolute atomic E-state index is 11.6. The molecule has 1 aromatic rings. The zero-order valence-electron chi connectivity index (χ0n) is 8.23. The van der Waals surface area contributed by atoms with Crippen LogP contribution < -0.4 is 5.32 Å². The second kappa shape index (κ2) is 5.01. The predicted molar refractivity (Wildman–Crippen MR) is 62.9 cm³/mol. The van der Waals surface area contributed by atoms with Gasteiger partial charge in [-0.15, -0.1) is 24.0 Å². The quantitative estimate of drug-likeness (QED) is 0.796. The van der Waals surface area contributed by atoms with Crippen LogP contribution in [0.5, 0.6) is 0 Å². The van der Waals surface area contributed by atoms with Gasteiger partial charge in [-0.1, -0.05) is 0 Å². The normalized spacial score (nSPS) is 20.5. The highest BCUT2D eigenvalue weighted by Gasteiger charge is 2.17. The standard InChI is InChI=1S/C10H13NO2S2/c12-10(9-4-8(14)6-15-9)11-5-7-2-1-3-13-7/h4,6-7,14H,1-3,5H2,(H,11,12). The molecule has 0 aliphatic carbocycles. The lowest BCUT2D eigenvalue weighted by Crippen LogP contribution is -2.31. The first-order chi connectivity index (χ1) is 7.25. The summed E-state index contributed by atoms with van der Waals surface area (Å²) in [6.45, 7) is 1.43. The molecule has 15 heavy (non-hydrogen) atoms. The fourth-order valence-electron chi connectivity index (χ4n) is 1.54. The third kappa shape index (κ3) is 2.96. The van der Waals surface area contributed by atoms with E-state index in [1.807, 2.05) is 5.38 Å². The number of carbonyl (C=O) groups is 1. The molecule has 1 saturated heterocycles. The molecule has 5 heteroatoms. The Morgan fingerprint density at radius 1 is 1.73 bits per heavy atom. The van der Waals surface area contributed by atoms with Gasteiger partial charge in [-0.2, -0.15) is 0 Å². The number of amides is 1. The van der Waals surface area contributed by atoms with Gasteiger partial charge in [0.1, 0.15) is 0 Å². The van der Waals surface area contributed by atoms with Crippen LogP contribution >= 0.6 is 24.0 Å². The lowest BCUT2D eigenvalue weighted by atomic mass is 10.2. The van der Waals surface area contributed by atoms with E-state index in [0.29, 0.717) is 11.4 Å². The van der Waals surface area contributed by atoms with Gasteiger partial charge in [0.05, 0.1) is 11.0 Å². The second-order valence-electron chi connectivity index (χ2n) is 3.51. The van der Waals surface area contributed by atoms with Crippen molar-refractivity contribution >= 4 is 29.9 Å². The average molecular weight is 243 g/mol. The van der Waals surface area contributed by atoms with E-state index in [2.05, 4.69) is 17.9 Å². The zero-order valence-corrected chi connectivity index (χ0v) is 9.94. The first-order valence-electron chi connectivity index (χ1n) is 4.93. The molecule has 1 aromatic heterocycles. The molecule has 1 aliphatic heterocycles. The van der Waals surface area contributed by atoms with E-state index in [-0.39, 0.29) is 12.0 Å². The molecular formula is C10H13NO2S2. The van der Waals surface area contributed by atoms with E-state index >= 15 is 0 Å². The van der Waals surface area contributed by atoms with Crippen LogP contribution in [-0.4, -0.2) is 25.2 Å². The summed E-state index contributed by atoms with van der Waals surface area (Å²) in [6.07, 6.45) is 2.34. The van der Waals surface area contributed by atoms with Crippen LogP contribution in [0.15, 0.2) is 16.3 Å². The number of nitrogens with one attached hydrogen (secondary N) is 1. The highest BCUT2D eigenvalue weighted by atomic mass is 32.1. The van der Waals surface area contributed by atoms with Crippen LogP contribution in [0.3, 0.4) is 0 Å². The molecule has 0 spiro atoms. The molecule has 0 saturated carbocycles. The highest BCUT2D eigenvalue weighted by Crippen LogP contribution is 2.17. The van der Waals surface area contributed by atoms with Gasteiger partial charge in [0.25, 0.3) is 5.91 Å². The molecule has 82 valence electrons. The number of rotatable bonds is 3. The largest absolute Gasteiger partial charge is 0.376 e. The van der Waals surface area contributed by atoms with Crippen LogP contribution in [0.1, 0.15) is 22.5 Å². The van der Waals surface area contributed by atoms with E-state index in [9.17, 15) is 4.79 Å². The number of thiol groups is 1.